The van der Waals surface area contributed by atoms with Gasteiger partial charge in [0.2, 0.25) is 0 Å². The van der Waals surface area contributed by atoms with E-state index in [1.165, 1.54) is 6.07 Å². The van der Waals surface area contributed by atoms with Crippen LogP contribution in [0.25, 0.3) is 0 Å². The van der Waals surface area contributed by atoms with Crippen LogP contribution in [0.3, 0.4) is 0 Å². The second-order valence-electron chi connectivity index (χ2n) is 6.28. The molecule has 1 heterocycles. The Hall–Kier alpha value is -1.22. The molecule has 3 rings (SSSR count). The summed E-state index contributed by atoms with van der Waals surface area (Å²) in [6.07, 6.45) is 4.05. The Morgan fingerprint density at radius 2 is 2.11 bits per heavy atom. The highest BCUT2D eigenvalue weighted by Gasteiger charge is 2.48. The summed E-state index contributed by atoms with van der Waals surface area (Å²) in [5, 5.41) is 9.83. The van der Waals surface area contributed by atoms with Gasteiger partial charge in [0.25, 0.3) is 0 Å². The number of rotatable bonds is 1. The van der Waals surface area contributed by atoms with Crippen molar-refractivity contribution < 1.29 is 14.6 Å². The molecule has 4 heteroatoms. The number of aromatic carboxylic acids is 1. The fraction of sp³-hybridized carbons (Fsp3) is 0.533. The predicted molar refractivity (Wildman–Crippen MR) is 73.3 cm³/mol. The largest absolute Gasteiger partial charge is 0.486 e. The van der Waals surface area contributed by atoms with E-state index < -0.39 is 5.97 Å². The van der Waals surface area contributed by atoms with Crippen molar-refractivity contribution in [2.45, 2.75) is 50.5 Å². The smallest absolute Gasteiger partial charge is 0.339 e. The van der Waals surface area contributed by atoms with Gasteiger partial charge in [-0.25, -0.2) is 4.79 Å². The van der Waals surface area contributed by atoms with E-state index in [9.17, 15) is 9.90 Å². The first-order valence-corrected chi connectivity index (χ1v) is 6.97. The Labute approximate surface area is 117 Å². The van der Waals surface area contributed by atoms with Crippen LogP contribution in [0.4, 0.5) is 0 Å². The van der Waals surface area contributed by atoms with Crippen LogP contribution < -0.4 is 4.74 Å². The molecule has 1 N–H and O–H groups in total. The number of hydrogen-bond acceptors (Lipinski definition) is 2. The van der Waals surface area contributed by atoms with E-state index in [4.69, 9.17) is 16.3 Å². The first-order chi connectivity index (χ1) is 8.83. The van der Waals surface area contributed by atoms with Crippen LogP contribution in [0.2, 0.25) is 5.02 Å². The van der Waals surface area contributed by atoms with Gasteiger partial charge in [-0.2, -0.15) is 0 Å². The van der Waals surface area contributed by atoms with Crippen LogP contribution in [-0.2, 0) is 5.41 Å². The quantitative estimate of drug-likeness (QED) is 0.845. The Kier molecular flexibility index (Phi) is 2.62. The molecule has 0 amide bonds. The van der Waals surface area contributed by atoms with Crippen molar-refractivity contribution in [3.8, 4) is 5.75 Å². The molecule has 3 nitrogen and oxygen atoms in total. The summed E-state index contributed by atoms with van der Waals surface area (Å²) < 4.78 is 6.06. The maximum absolute atomic E-state index is 11.4. The van der Waals surface area contributed by atoms with Crippen LogP contribution in [-0.4, -0.2) is 16.7 Å². The van der Waals surface area contributed by atoms with E-state index >= 15 is 0 Å². The van der Waals surface area contributed by atoms with Crippen molar-refractivity contribution >= 4 is 17.6 Å². The van der Waals surface area contributed by atoms with Crippen molar-refractivity contribution in [3.05, 3.63) is 28.3 Å². The monoisotopic (exact) mass is 280 g/mol. The highest BCUT2D eigenvalue weighted by molar-refractivity contribution is 6.31. The number of carboxylic acids is 1. The summed E-state index contributed by atoms with van der Waals surface area (Å²) in [4.78, 5) is 11.4. The minimum absolute atomic E-state index is 0.0321. The maximum Gasteiger partial charge on any atom is 0.339 e. The molecular formula is C15H17ClO3. The number of halogens is 1. The summed E-state index contributed by atoms with van der Waals surface area (Å²) in [6, 6.07) is 3.35. The molecule has 0 saturated heterocycles. The molecule has 1 saturated carbocycles. The Morgan fingerprint density at radius 3 is 2.79 bits per heavy atom. The number of fused-ring (bicyclic) bond motifs is 4. The first kappa shape index (κ1) is 12.8. The van der Waals surface area contributed by atoms with E-state index in [0.717, 1.165) is 31.2 Å². The van der Waals surface area contributed by atoms with Crippen molar-refractivity contribution in [3.63, 3.8) is 0 Å². The van der Waals surface area contributed by atoms with Crippen LogP contribution in [0, 0.1) is 0 Å². The number of hydrogen-bond donors (Lipinski definition) is 1. The molecule has 1 fully saturated rings. The van der Waals surface area contributed by atoms with E-state index in [1.807, 2.05) is 6.07 Å². The lowest BCUT2D eigenvalue weighted by Crippen LogP contribution is -2.48. The van der Waals surface area contributed by atoms with Crippen molar-refractivity contribution in [1.82, 2.24) is 0 Å². The Morgan fingerprint density at radius 1 is 1.37 bits per heavy atom. The zero-order valence-electron chi connectivity index (χ0n) is 11.1. The number of carboxylic acid groups (broad SMARTS) is 1. The van der Waals surface area contributed by atoms with Gasteiger partial charge in [0.1, 0.15) is 16.9 Å². The summed E-state index contributed by atoms with van der Waals surface area (Å²) >= 11 is 6.08. The average molecular weight is 281 g/mol. The molecule has 1 aromatic rings. The highest BCUT2D eigenvalue weighted by atomic mass is 35.5. The normalized spacial score (nSPS) is 32.4. The lowest BCUT2D eigenvalue weighted by molar-refractivity contribution is -0.00636. The Bertz CT molecular complexity index is 569. The van der Waals surface area contributed by atoms with E-state index in [-0.39, 0.29) is 16.6 Å². The van der Waals surface area contributed by atoms with E-state index in [1.54, 1.807) is 0 Å². The van der Waals surface area contributed by atoms with Crippen molar-refractivity contribution in [1.29, 1.82) is 0 Å². The third kappa shape index (κ3) is 1.91. The molecule has 2 atom stereocenters. The van der Waals surface area contributed by atoms with Crippen LogP contribution in [0.15, 0.2) is 12.1 Å². The van der Waals surface area contributed by atoms with Gasteiger partial charge in [-0.3, -0.25) is 0 Å². The molecule has 0 aromatic heterocycles. The molecule has 2 aliphatic rings. The first-order valence-electron chi connectivity index (χ1n) is 6.59. The molecule has 102 valence electrons. The SMILES string of the molecule is C[C@]12CCC[C@](C)(C1)c1cc(Cl)cc(C(=O)O)c1O2. The minimum Gasteiger partial charge on any atom is -0.486 e. The highest BCUT2D eigenvalue weighted by Crippen LogP contribution is 2.54. The van der Waals surface area contributed by atoms with Gasteiger partial charge >= 0.3 is 5.97 Å². The summed E-state index contributed by atoms with van der Waals surface area (Å²) in [7, 11) is 0. The molecular weight excluding hydrogens is 264 g/mol. The summed E-state index contributed by atoms with van der Waals surface area (Å²) in [5.41, 5.74) is 0.851. The maximum atomic E-state index is 11.4. The van der Waals surface area contributed by atoms with Gasteiger partial charge in [0.15, 0.2) is 0 Å². The molecule has 1 aliphatic carbocycles. The van der Waals surface area contributed by atoms with Crippen LogP contribution in [0.1, 0.15) is 55.5 Å². The third-order valence-electron chi connectivity index (χ3n) is 4.48. The van der Waals surface area contributed by atoms with Crippen LogP contribution in [0.5, 0.6) is 5.75 Å². The Balaban J connectivity index is 2.26. The van der Waals surface area contributed by atoms with Crippen molar-refractivity contribution in [2.24, 2.45) is 0 Å². The minimum atomic E-state index is -0.981. The average Bonchev–Trinajstić information content (AvgIpc) is 2.28. The summed E-state index contributed by atoms with van der Waals surface area (Å²) in [6.45, 7) is 4.27. The van der Waals surface area contributed by atoms with Gasteiger partial charge in [-0.05, 0) is 50.2 Å². The molecule has 0 radical (unpaired) electrons. The second-order valence-corrected chi connectivity index (χ2v) is 6.71. The van der Waals surface area contributed by atoms with Crippen LogP contribution >= 0.6 is 11.6 Å². The topological polar surface area (TPSA) is 46.5 Å². The van der Waals surface area contributed by atoms with Crippen molar-refractivity contribution in [2.75, 3.05) is 0 Å². The fourth-order valence-electron chi connectivity index (χ4n) is 3.73. The number of benzene rings is 1. The zero-order valence-corrected chi connectivity index (χ0v) is 11.9. The molecule has 19 heavy (non-hydrogen) atoms. The van der Waals surface area contributed by atoms with Gasteiger partial charge < -0.3 is 9.84 Å². The standard InChI is InChI=1S/C15H17ClO3/c1-14-4-3-5-15(2,8-14)19-12-10(13(17)18)6-9(16)7-11(12)14/h6-7H,3-5,8H2,1-2H3,(H,17,18)/t14-,15+/m1/s1. The lowest BCUT2D eigenvalue weighted by atomic mass is 9.63. The van der Waals surface area contributed by atoms with E-state index in [2.05, 4.69) is 13.8 Å². The number of ether oxygens (including phenoxy) is 1. The van der Waals surface area contributed by atoms with Gasteiger partial charge in [0.05, 0.1) is 0 Å². The number of carbonyl (C=O) groups is 1. The fourth-order valence-corrected chi connectivity index (χ4v) is 3.95. The second kappa shape index (κ2) is 3.89. The van der Waals surface area contributed by atoms with Gasteiger partial charge in [-0.1, -0.05) is 18.5 Å². The van der Waals surface area contributed by atoms with Gasteiger partial charge in [0, 0.05) is 10.6 Å². The van der Waals surface area contributed by atoms with Gasteiger partial charge in [-0.15, -0.1) is 0 Å². The molecule has 1 aromatic carbocycles. The molecule has 0 spiro atoms. The third-order valence-corrected chi connectivity index (χ3v) is 4.70. The molecule has 0 unspecified atom stereocenters. The molecule has 2 bridgehead atoms. The molecule has 1 aliphatic heterocycles. The van der Waals surface area contributed by atoms with E-state index in [0.29, 0.717) is 10.8 Å². The zero-order chi connectivity index (χ0) is 13.8. The summed E-state index contributed by atoms with van der Waals surface area (Å²) in [5.74, 6) is -0.459. The predicted octanol–water partition coefficient (Wildman–Crippen LogP) is 4.02. The lowest BCUT2D eigenvalue weighted by Gasteiger charge is -2.50.